The zero-order valence-corrected chi connectivity index (χ0v) is 18.2. The number of thioether (sulfide) groups is 1. The third-order valence-electron chi connectivity index (χ3n) is 3.90. The van der Waals surface area contributed by atoms with Crippen LogP contribution >= 0.6 is 23.1 Å². The molecule has 0 aliphatic carbocycles. The number of hydrogen-bond acceptors (Lipinski definition) is 8. The summed E-state index contributed by atoms with van der Waals surface area (Å²) in [5.74, 6) is 0.458. The Bertz CT molecular complexity index is 1010. The van der Waals surface area contributed by atoms with Gasteiger partial charge in [-0.25, -0.2) is 4.98 Å². The molecule has 3 heterocycles. The summed E-state index contributed by atoms with van der Waals surface area (Å²) in [6.07, 6.45) is 1.70. The fraction of sp³-hybridized carbons (Fsp3) is 0.333. The quantitative estimate of drug-likeness (QED) is 0.573. The fourth-order valence-corrected chi connectivity index (χ4v) is 4.31. The van der Waals surface area contributed by atoms with Crippen molar-refractivity contribution >= 4 is 40.0 Å². The van der Waals surface area contributed by atoms with Gasteiger partial charge in [-0.3, -0.25) is 14.6 Å². The molecule has 0 aliphatic heterocycles. The Hall–Kier alpha value is -2.79. The molecule has 29 heavy (non-hydrogen) atoms. The smallest absolute Gasteiger partial charge is 0.265 e. The molecular weight excluding hydrogens is 410 g/mol. The van der Waals surface area contributed by atoms with E-state index in [9.17, 15) is 9.59 Å². The standard InChI is InChI=1S/C18H21N7O2S2/c1-5-25-15(12-8-6-7-9-19-12)22-23-18(25)28-10-13(26)21-17-20-11(2)14(29-17)16(27)24(3)4/h6-9H,5,10H2,1-4H3,(H,20,21,26). The minimum atomic E-state index is -0.224. The van der Waals surface area contributed by atoms with Crippen LogP contribution in [0.4, 0.5) is 5.13 Å². The molecule has 0 saturated carbocycles. The predicted octanol–water partition coefficient (Wildman–Crippen LogP) is 2.56. The second-order valence-electron chi connectivity index (χ2n) is 6.24. The van der Waals surface area contributed by atoms with Gasteiger partial charge in [-0.2, -0.15) is 0 Å². The van der Waals surface area contributed by atoms with Gasteiger partial charge in [0.2, 0.25) is 5.91 Å². The minimum absolute atomic E-state index is 0.132. The van der Waals surface area contributed by atoms with E-state index in [0.29, 0.717) is 33.2 Å². The number of pyridine rings is 1. The molecule has 9 nitrogen and oxygen atoms in total. The van der Waals surface area contributed by atoms with Crippen LogP contribution in [0.2, 0.25) is 0 Å². The molecule has 0 atom stereocenters. The lowest BCUT2D eigenvalue weighted by Crippen LogP contribution is -2.21. The van der Waals surface area contributed by atoms with Crippen molar-refractivity contribution in [1.29, 1.82) is 0 Å². The topological polar surface area (TPSA) is 106 Å². The highest BCUT2D eigenvalue weighted by Crippen LogP contribution is 2.25. The lowest BCUT2D eigenvalue weighted by molar-refractivity contribution is -0.113. The van der Waals surface area contributed by atoms with Crippen molar-refractivity contribution in [2.24, 2.45) is 0 Å². The molecule has 0 radical (unpaired) electrons. The van der Waals surface area contributed by atoms with Gasteiger partial charge in [-0.15, -0.1) is 10.2 Å². The molecule has 0 aliphatic rings. The van der Waals surface area contributed by atoms with E-state index in [-0.39, 0.29) is 17.6 Å². The first-order valence-corrected chi connectivity index (χ1v) is 10.7. The van der Waals surface area contributed by atoms with Crippen LogP contribution in [-0.2, 0) is 11.3 Å². The average molecular weight is 432 g/mol. The van der Waals surface area contributed by atoms with Crippen LogP contribution in [0.3, 0.4) is 0 Å². The first-order chi connectivity index (χ1) is 13.9. The molecule has 0 spiro atoms. The first-order valence-electron chi connectivity index (χ1n) is 8.87. The van der Waals surface area contributed by atoms with Gasteiger partial charge in [0.1, 0.15) is 10.6 Å². The lowest BCUT2D eigenvalue weighted by atomic mass is 10.3. The van der Waals surface area contributed by atoms with Gasteiger partial charge in [-0.1, -0.05) is 29.2 Å². The van der Waals surface area contributed by atoms with Gasteiger partial charge in [-0.05, 0) is 26.0 Å². The second-order valence-corrected chi connectivity index (χ2v) is 8.18. The van der Waals surface area contributed by atoms with Crippen molar-refractivity contribution in [1.82, 2.24) is 29.6 Å². The average Bonchev–Trinajstić information content (AvgIpc) is 3.29. The summed E-state index contributed by atoms with van der Waals surface area (Å²) in [4.78, 5) is 35.1. The number of amides is 2. The first kappa shape index (κ1) is 20.9. The number of hydrogen-bond donors (Lipinski definition) is 1. The number of nitrogens with one attached hydrogen (secondary N) is 1. The molecule has 2 amide bonds. The van der Waals surface area contributed by atoms with E-state index in [1.165, 1.54) is 28.0 Å². The van der Waals surface area contributed by atoms with Crippen molar-refractivity contribution < 1.29 is 9.59 Å². The highest BCUT2D eigenvalue weighted by molar-refractivity contribution is 7.99. The number of aryl methyl sites for hydroxylation is 1. The molecule has 152 valence electrons. The van der Waals surface area contributed by atoms with Crippen molar-refractivity contribution in [3.8, 4) is 11.5 Å². The van der Waals surface area contributed by atoms with E-state index >= 15 is 0 Å². The zero-order chi connectivity index (χ0) is 21.0. The van der Waals surface area contributed by atoms with Crippen LogP contribution in [-0.4, -0.2) is 61.3 Å². The van der Waals surface area contributed by atoms with E-state index in [1.807, 2.05) is 29.7 Å². The largest absolute Gasteiger partial charge is 0.344 e. The van der Waals surface area contributed by atoms with Gasteiger partial charge in [0.15, 0.2) is 16.1 Å². The molecule has 0 bridgehead atoms. The normalized spacial score (nSPS) is 10.8. The number of rotatable bonds is 7. The number of thiazole rings is 1. The Balaban J connectivity index is 1.65. The molecule has 0 fully saturated rings. The number of nitrogens with zero attached hydrogens (tertiary/aromatic N) is 6. The summed E-state index contributed by atoms with van der Waals surface area (Å²) in [6, 6.07) is 5.60. The molecule has 1 N–H and O–H groups in total. The van der Waals surface area contributed by atoms with Crippen molar-refractivity contribution in [3.63, 3.8) is 0 Å². The van der Waals surface area contributed by atoms with Crippen LogP contribution < -0.4 is 5.32 Å². The van der Waals surface area contributed by atoms with E-state index < -0.39 is 0 Å². The summed E-state index contributed by atoms with van der Waals surface area (Å²) in [6.45, 7) is 4.40. The molecule has 3 aromatic rings. The molecule has 11 heteroatoms. The third-order valence-corrected chi connectivity index (χ3v) is 5.93. The molecular formula is C18H21N7O2S2. The van der Waals surface area contributed by atoms with Gasteiger partial charge < -0.3 is 14.8 Å². The van der Waals surface area contributed by atoms with E-state index in [1.54, 1.807) is 27.2 Å². The van der Waals surface area contributed by atoms with E-state index in [0.717, 1.165) is 5.69 Å². The number of carbonyl (C=O) groups is 2. The Kier molecular flexibility index (Phi) is 6.60. The Morgan fingerprint density at radius 1 is 1.28 bits per heavy atom. The maximum absolute atomic E-state index is 12.4. The predicted molar refractivity (Wildman–Crippen MR) is 113 cm³/mol. The molecule has 0 aromatic carbocycles. The SMILES string of the molecule is CCn1c(SCC(=O)Nc2nc(C)c(C(=O)N(C)C)s2)nnc1-c1ccccn1. The maximum Gasteiger partial charge on any atom is 0.265 e. The van der Waals surface area contributed by atoms with Crippen LogP contribution in [0.5, 0.6) is 0 Å². The summed E-state index contributed by atoms with van der Waals surface area (Å²) in [5, 5.41) is 12.2. The van der Waals surface area contributed by atoms with Gasteiger partial charge in [0.25, 0.3) is 5.91 Å². The van der Waals surface area contributed by atoms with Crippen molar-refractivity contribution in [2.75, 3.05) is 25.2 Å². The van der Waals surface area contributed by atoms with Crippen LogP contribution in [0.15, 0.2) is 29.6 Å². The third kappa shape index (κ3) is 4.80. The van der Waals surface area contributed by atoms with Gasteiger partial charge >= 0.3 is 0 Å². The van der Waals surface area contributed by atoms with Gasteiger partial charge in [0.05, 0.1) is 11.4 Å². The molecule has 3 rings (SSSR count). The zero-order valence-electron chi connectivity index (χ0n) is 16.5. The lowest BCUT2D eigenvalue weighted by Gasteiger charge is -2.07. The molecule has 0 saturated heterocycles. The fourth-order valence-electron chi connectivity index (χ4n) is 2.50. The second kappa shape index (κ2) is 9.14. The number of carbonyl (C=O) groups excluding carboxylic acids is 2. The summed E-state index contributed by atoms with van der Waals surface area (Å²) in [7, 11) is 3.36. The summed E-state index contributed by atoms with van der Waals surface area (Å²) < 4.78 is 1.92. The van der Waals surface area contributed by atoms with Crippen molar-refractivity contribution in [3.05, 3.63) is 35.0 Å². The summed E-state index contributed by atoms with van der Waals surface area (Å²) in [5.41, 5.74) is 1.33. The highest BCUT2D eigenvalue weighted by Gasteiger charge is 2.19. The molecule has 0 unspecified atom stereocenters. The monoisotopic (exact) mass is 431 g/mol. The highest BCUT2D eigenvalue weighted by atomic mass is 32.2. The minimum Gasteiger partial charge on any atom is -0.344 e. The van der Waals surface area contributed by atoms with Gasteiger partial charge in [0, 0.05) is 26.8 Å². The Morgan fingerprint density at radius 3 is 2.72 bits per heavy atom. The van der Waals surface area contributed by atoms with Crippen LogP contribution in [0.1, 0.15) is 22.3 Å². The maximum atomic E-state index is 12.4. The summed E-state index contributed by atoms with van der Waals surface area (Å²) >= 11 is 2.46. The van der Waals surface area contributed by atoms with Crippen LogP contribution in [0, 0.1) is 6.92 Å². The van der Waals surface area contributed by atoms with E-state index in [2.05, 4.69) is 25.5 Å². The van der Waals surface area contributed by atoms with Crippen LogP contribution in [0.25, 0.3) is 11.5 Å². The Morgan fingerprint density at radius 2 is 2.07 bits per heavy atom. The van der Waals surface area contributed by atoms with Crippen molar-refractivity contribution in [2.45, 2.75) is 25.5 Å². The van der Waals surface area contributed by atoms with E-state index in [4.69, 9.17) is 0 Å². The number of anilines is 1. The number of aromatic nitrogens is 5. The Labute approximate surface area is 176 Å². The molecule has 3 aromatic heterocycles.